The summed E-state index contributed by atoms with van der Waals surface area (Å²) in [6, 6.07) is 0. The number of carbonyl (C=O) groups excluding carboxylic acids is 2. The molecule has 2 atom stereocenters. The fraction of sp³-hybridized carbons (Fsp3) is 0.733. The molecule has 0 bridgehead atoms. The van der Waals surface area contributed by atoms with Crippen molar-refractivity contribution in [3.8, 4) is 0 Å². The molecule has 0 aromatic carbocycles. The van der Waals surface area contributed by atoms with Gasteiger partial charge in [-0.1, -0.05) is 385 Å². The summed E-state index contributed by atoms with van der Waals surface area (Å²) in [6.45, 7) is 4.25. The summed E-state index contributed by atoms with van der Waals surface area (Å²) < 4.78 is 34.9. The highest BCUT2D eigenvalue weighted by Gasteiger charge is 2.27. The van der Waals surface area contributed by atoms with E-state index in [9.17, 15) is 19.0 Å². The second-order valence-corrected chi connectivity index (χ2v) is 30.6. The lowest BCUT2D eigenvalue weighted by Crippen LogP contribution is -2.37. The molecule has 576 valence electrons. The maximum Gasteiger partial charge on any atom is 0.472 e. The van der Waals surface area contributed by atoms with Crippen molar-refractivity contribution in [2.45, 2.75) is 380 Å². The predicted octanol–water partition coefficient (Wildman–Crippen LogP) is 28.3. The van der Waals surface area contributed by atoms with Crippen molar-refractivity contribution >= 4 is 19.8 Å². The van der Waals surface area contributed by atoms with Crippen LogP contribution in [0, 0.1) is 0 Å². The summed E-state index contributed by atoms with van der Waals surface area (Å²) in [5.74, 6) is -0.782. The SMILES string of the molecule is CC/C=C\C/C=C\C/C=C\C/C=C\C/C=C\C/C=C\CCCCCCCCCCCCCCCCCCCCCCC(=O)OC(COC(=O)CCCCCCCCCCCCCCCCCCCCCCC/C=C\C/C=C\C/C=C\C/C=C\C/C=C\CC)COP(=O)(O)OCC[N+](C)(C)C. The molecule has 0 saturated heterocycles. The Morgan fingerprint density at radius 2 is 0.540 bits per heavy atom. The lowest BCUT2D eigenvalue weighted by molar-refractivity contribution is -0.870. The van der Waals surface area contributed by atoms with Crippen molar-refractivity contribution in [3.05, 3.63) is 134 Å². The number of unbranched alkanes of at least 4 members (excludes halogenated alkanes) is 41. The average molecular weight is 1410 g/mol. The molecular weight excluding hydrogens is 1250 g/mol. The summed E-state index contributed by atoms with van der Waals surface area (Å²) in [5, 5.41) is 0. The predicted molar refractivity (Wildman–Crippen MR) is 436 cm³/mol. The van der Waals surface area contributed by atoms with Crippen molar-refractivity contribution < 1.29 is 42.1 Å². The fourth-order valence-electron chi connectivity index (χ4n) is 11.9. The molecule has 0 aliphatic heterocycles. The first-order chi connectivity index (χ1) is 49.0. The van der Waals surface area contributed by atoms with Crippen LogP contribution in [0.25, 0.3) is 0 Å². The summed E-state index contributed by atoms with van der Waals surface area (Å²) >= 11 is 0. The Morgan fingerprint density at radius 3 is 0.800 bits per heavy atom. The van der Waals surface area contributed by atoms with Gasteiger partial charge >= 0.3 is 19.8 Å². The van der Waals surface area contributed by atoms with E-state index in [1.165, 1.54) is 238 Å². The highest BCUT2D eigenvalue weighted by molar-refractivity contribution is 7.47. The van der Waals surface area contributed by atoms with Crippen LogP contribution in [-0.2, 0) is 32.7 Å². The molecule has 0 heterocycles. The minimum atomic E-state index is -4.40. The Balaban J connectivity index is 3.92. The highest BCUT2D eigenvalue weighted by Crippen LogP contribution is 2.43. The summed E-state index contributed by atoms with van der Waals surface area (Å²) in [6.07, 6.45) is 116. The monoisotopic (exact) mass is 1410 g/mol. The fourth-order valence-corrected chi connectivity index (χ4v) is 12.6. The number of carbonyl (C=O) groups is 2. The van der Waals surface area contributed by atoms with Gasteiger partial charge in [-0.2, -0.15) is 0 Å². The number of rotatable bonds is 77. The van der Waals surface area contributed by atoms with Crippen LogP contribution in [-0.4, -0.2) is 74.9 Å². The molecule has 0 saturated carbocycles. The van der Waals surface area contributed by atoms with Gasteiger partial charge in [0.05, 0.1) is 27.7 Å². The molecule has 1 N–H and O–H groups in total. The minimum absolute atomic E-state index is 0.0305. The first-order valence-corrected chi connectivity index (χ1v) is 43.4. The number of likely N-dealkylation sites (N-methyl/N-ethyl adjacent to an activating group) is 1. The number of ether oxygens (including phenoxy) is 2. The lowest BCUT2D eigenvalue weighted by Gasteiger charge is -2.24. The van der Waals surface area contributed by atoms with E-state index in [4.69, 9.17) is 18.5 Å². The van der Waals surface area contributed by atoms with Crippen molar-refractivity contribution in [1.29, 1.82) is 0 Å². The molecule has 10 heteroatoms. The van der Waals surface area contributed by atoms with Crippen molar-refractivity contribution in [2.24, 2.45) is 0 Å². The van der Waals surface area contributed by atoms with E-state index in [2.05, 4.69) is 148 Å². The van der Waals surface area contributed by atoms with Gasteiger partial charge in [0, 0.05) is 12.8 Å². The minimum Gasteiger partial charge on any atom is -0.462 e. The zero-order valence-electron chi connectivity index (χ0n) is 65.9. The van der Waals surface area contributed by atoms with Gasteiger partial charge < -0.3 is 18.9 Å². The third-order valence-electron chi connectivity index (χ3n) is 18.2. The van der Waals surface area contributed by atoms with Gasteiger partial charge in [-0.05, 0) is 109 Å². The van der Waals surface area contributed by atoms with Gasteiger partial charge in [0.2, 0.25) is 0 Å². The number of hydrogen-bond acceptors (Lipinski definition) is 7. The second kappa shape index (κ2) is 79.3. The van der Waals surface area contributed by atoms with E-state index in [1.807, 2.05) is 21.1 Å². The maximum atomic E-state index is 12.9. The van der Waals surface area contributed by atoms with Crippen LogP contribution in [0.2, 0.25) is 0 Å². The van der Waals surface area contributed by atoms with Crippen molar-refractivity contribution in [2.75, 3.05) is 47.5 Å². The zero-order chi connectivity index (χ0) is 72.5. The van der Waals surface area contributed by atoms with E-state index in [-0.39, 0.29) is 32.0 Å². The first kappa shape index (κ1) is 96.2. The molecular formula is C90H159NO8P+. The Bertz CT molecular complexity index is 2160. The van der Waals surface area contributed by atoms with Gasteiger partial charge in [0.1, 0.15) is 19.8 Å². The van der Waals surface area contributed by atoms with Crippen LogP contribution in [0.4, 0.5) is 0 Å². The van der Waals surface area contributed by atoms with Gasteiger partial charge in [-0.3, -0.25) is 18.6 Å². The maximum absolute atomic E-state index is 12.9. The van der Waals surface area contributed by atoms with Gasteiger partial charge in [0.15, 0.2) is 6.10 Å². The van der Waals surface area contributed by atoms with E-state index in [0.29, 0.717) is 17.4 Å². The largest absolute Gasteiger partial charge is 0.472 e. The molecule has 9 nitrogen and oxygen atoms in total. The van der Waals surface area contributed by atoms with Crippen molar-refractivity contribution in [1.82, 2.24) is 0 Å². The van der Waals surface area contributed by atoms with Crippen LogP contribution in [0.3, 0.4) is 0 Å². The first-order valence-electron chi connectivity index (χ1n) is 41.9. The molecule has 0 fully saturated rings. The second-order valence-electron chi connectivity index (χ2n) is 29.1. The quantitative estimate of drug-likeness (QED) is 0.0211. The molecule has 0 aromatic heterocycles. The topological polar surface area (TPSA) is 108 Å². The number of hydrogen-bond donors (Lipinski definition) is 1. The molecule has 0 aliphatic carbocycles. The smallest absolute Gasteiger partial charge is 0.462 e. The lowest BCUT2D eigenvalue weighted by atomic mass is 10.0. The van der Waals surface area contributed by atoms with E-state index in [1.54, 1.807) is 0 Å². The van der Waals surface area contributed by atoms with E-state index < -0.39 is 26.5 Å². The summed E-state index contributed by atoms with van der Waals surface area (Å²) in [7, 11) is 1.49. The van der Waals surface area contributed by atoms with Crippen LogP contribution >= 0.6 is 7.82 Å². The van der Waals surface area contributed by atoms with Crippen LogP contribution < -0.4 is 0 Å². The van der Waals surface area contributed by atoms with Crippen LogP contribution in [0.5, 0.6) is 0 Å². The zero-order valence-corrected chi connectivity index (χ0v) is 66.8. The standard InChI is InChI=1S/C90H158NO8P/c1-6-8-10-12-14-16-18-20-22-24-26-28-30-32-34-36-38-40-42-44-45-47-49-51-53-55-57-59-61-63-65-67-69-71-73-75-77-79-81-83-90(93)99-88(87-98-100(94,95)97-85-84-91(3,4)5)86-96-89(92)82-80-78-76-74-72-70-68-66-64-62-60-58-56-54-52-50-48-46-43-41-39-37-35-33-31-29-27-25-23-21-19-17-15-13-11-9-7-2/h8-11,14-17,20-23,26-29,32-35,38,40,88H,6-7,12-13,18-19,24-25,30-31,36-37,39,41-87H2,1-5H3/p+1/b10-8-,11-9-,16-14-,17-15-,22-20-,23-21-,28-26-,29-27-,34-32-,35-33-,40-38-. The molecule has 0 radical (unpaired) electrons. The van der Waals surface area contributed by atoms with Crippen LogP contribution in [0.1, 0.15) is 373 Å². The van der Waals surface area contributed by atoms with Crippen LogP contribution in [0.15, 0.2) is 134 Å². The Labute approximate surface area is 619 Å². The molecule has 0 aliphatic rings. The van der Waals surface area contributed by atoms with Gasteiger partial charge in [-0.15, -0.1) is 0 Å². The number of allylic oxidation sites excluding steroid dienone is 22. The normalized spacial score (nSPS) is 13.7. The Hall–Kier alpha value is -3.85. The average Bonchev–Trinajstić information content (AvgIpc) is 1.07. The number of quaternary nitrogens is 1. The number of nitrogens with zero attached hydrogens (tertiary/aromatic N) is 1. The molecule has 100 heavy (non-hydrogen) atoms. The summed E-state index contributed by atoms with van der Waals surface area (Å²) in [4.78, 5) is 36.0. The molecule has 0 spiro atoms. The number of phosphoric acid groups is 1. The summed E-state index contributed by atoms with van der Waals surface area (Å²) in [5.41, 5.74) is 0. The molecule has 0 amide bonds. The molecule has 0 rings (SSSR count). The highest BCUT2D eigenvalue weighted by atomic mass is 31.2. The van der Waals surface area contributed by atoms with Crippen molar-refractivity contribution in [3.63, 3.8) is 0 Å². The molecule has 0 aromatic rings. The molecule has 2 unspecified atom stereocenters. The number of phosphoric ester groups is 1. The van der Waals surface area contributed by atoms with E-state index >= 15 is 0 Å². The number of esters is 2. The third-order valence-corrected chi connectivity index (χ3v) is 19.2. The Kier molecular flexibility index (Phi) is 76.2. The van der Waals surface area contributed by atoms with Gasteiger partial charge in [-0.25, -0.2) is 4.57 Å². The Morgan fingerprint density at radius 1 is 0.310 bits per heavy atom. The van der Waals surface area contributed by atoms with Gasteiger partial charge in [0.25, 0.3) is 0 Å². The van der Waals surface area contributed by atoms with E-state index in [0.717, 1.165) is 103 Å². The third kappa shape index (κ3) is 83.1.